The molecule has 3 rings (SSSR count). The average Bonchev–Trinajstić information content (AvgIpc) is 2.91. The van der Waals surface area contributed by atoms with Crippen LogP contribution in [0.15, 0.2) is 78.9 Å². The smallest absolute Gasteiger partial charge is 0.508 e. The third-order valence-corrected chi connectivity index (χ3v) is 13.9. The number of rotatable bonds is 16. The maximum Gasteiger partial charge on any atom is 0.534 e. The molecule has 0 radical (unpaired) electrons. The molecule has 83 heavy (non-hydrogen) atoms. The second-order valence-electron chi connectivity index (χ2n) is 21.2. The van der Waals surface area contributed by atoms with Crippen LogP contribution < -0.4 is 18.5 Å². The molecule has 0 unspecified atom stereocenters. The molecule has 0 aromatic heterocycles. The van der Waals surface area contributed by atoms with Gasteiger partial charge in [0.15, 0.2) is 0 Å². The van der Waals surface area contributed by atoms with Gasteiger partial charge in [-0.1, -0.05) is 63.2 Å². The monoisotopic (exact) mass is 1260 g/mol. The van der Waals surface area contributed by atoms with Gasteiger partial charge in [-0.25, -0.2) is 19.2 Å². The quantitative estimate of drug-likeness (QED) is 0.0395. The maximum atomic E-state index is 12.5. The van der Waals surface area contributed by atoms with Crippen molar-refractivity contribution in [1.29, 1.82) is 0 Å². The fraction of sp³-hybridized carbons (Fsp3) is 0.569. The van der Waals surface area contributed by atoms with E-state index in [1.54, 1.807) is 95.2 Å². The van der Waals surface area contributed by atoms with Gasteiger partial charge in [-0.15, -0.1) is 3.71 Å². The highest BCUT2D eigenvalue weighted by Crippen LogP contribution is 2.38. The van der Waals surface area contributed by atoms with Crippen LogP contribution >= 0.6 is 0 Å². The highest BCUT2D eigenvalue weighted by Gasteiger charge is 2.61. The molecule has 0 heterocycles. The van der Waals surface area contributed by atoms with Crippen molar-refractivity contribution in [2.24, 2.45) is 0 Å². The minimum Gasteiger partial charge on any atom is -0.508 e. The van der Waals surface area contributed by atoms with Crippen LogP contribution in [0.25, 0.3) is 0 Å². The molecule has 474 valence electrons. The molecule has 2 amide bonds. The second-order valence-corrected chi connectivity index (χ2v) is 26.5. The van der Waals surface area contributed by atoms with E-state index in [0.29, 0.717) is 17.7 Å². The van der Waals surface area contributed by atoms with Gasteiger partial charge in [0.2, 0.25) is 0 Å². The lowest BCUT2D eigenvalue weighted by molar-refractivity contribution is -0.158. The van der Waals surface area contributed by atoms with Crippen LogP contribution in [0.1, 0.15) is 115 Å². The second kappa shape index (κ2) is 30.5. The minimum atomic E-state index is -6.81. The average molecular weight is 1270 g/mol. The summed E-state index contributed by atoms with van der Waals surface area (Å²) in [5, 5.41) is 14.3. The number of phenols is 1. The van der Waals surface area contributed by atoms with Gasteiger partial charge in [-0.3, -0.25) is 0 Å². The van der Waals surface area contributed by atoms with Gasteiger partial charge in [0.1, 0.15) is 46.0 Å². The Labute approximate surface area is 478 Å². The number of amides is 2. The van der Waals surface area contributed by atoms with E-state index in [1.165, 1.54) is 43.9 Å². The Morgan fingerprint density at radius 2 is 0.795 bits per heavy atom. The molecular formula is C51H73F9N4O16S3. The van der Waals surface area contributed by atoms with Crippen LogP contribution in [0.4, 0.5) is 54.8 Å². The molecular weight excluding hydrogens is 1190 g/mol. The number of hydrogen-bond donors (Lipinski definition) is 3. The molecule has 3 aromatic carbocycles. The van der Waals surface area contributed by atoms with Crippen LogP contribution in [-0.4, -0.2) is 130 Å². The number of alkyl halides is 9. The zero-order valence-electron chi connectivity index (χ0n) is 48.3. The van der Waals surface area contributed by atoms with Gasteiger partial charge in [-0.2, -0.15) is 64.8 Å². The summed E-state index contributed by atoms with van der Waals surface area (Å²) in [5.41, 5.74) is -21.2. The van der Waals surface area contributed by atoms with E-state index in [1.807, 2.05) is 0 Å². The Kier molecular flexibility index (Phi) is 28.2. The predicted molar refractivity (Wildman–Crippen MR) is 288 cm³/mol. The largest absolute Gasteiger partial charge is 0.534 e. The Bertz CT molecular complexity index is 2830. The van der Waals surface area contributed by atoms with E-state index in [-0.39, 0.29) is 18.6 Å². The molecule has 2 atom stereocenters. The Morgan fingerprint density at radius 1 is 0.482 bits per heavy atom. The minimum absolute atomic E-state index is 0.0968. The number of sulfonamides is 2. The summed E-state index contributed by atoms with van der Waals surface area (Å²) in [7, 11) is -19.4. The van der Waals surface area contributed by atoms with Crippen molar-refractivity contribution in [3.8, 4) is 11.5 Å². The first-order chi connectivity index (χ1) is 37.2. The fourth-order valence-corrected chi connectivity index (χ4v) is 8.98. The number of anilines is 1. The lowest BCUT2D eigenvalue weighted by Gasteiger charge is -2.26. The number of nitrogens with one attached hydrogen (secondary N) is 2. The summed E-state index contributed by atoms with van der Waals surface area (Å²) in [6.07, 6.45) is -1.41. The standard InChI is InChI=1S/C19H26F3NO7S.C18H27NO5.C8H5F6NO4S2.C6H15N/c1-17(2,3)28-15(24)14(23-16(25)29-18(4,5)6)11-12-7-9-13(10-8-12)30-31(26,27)19(20,21)22;1-17(2,3)23-15(21)14(19-16(22)24-18(4,5)6)11-12-7-9-13(20)10-8-12;9-7(10,11)20(16,17)15(6-4-2-1-3-5-6)21(18,19)8(12,13)14;1-4-7(5-2)6-3/h7-10,14H,11H2,1-6H3,(H,23,25);7-10,14,20H,11H2,1-6H3,(H,19,22);1-5H;4-6H2,1-3H3/t2*14-;;/m00../s1. The maximum absolute atomic E-state index is 12.5. The Morgan fingerprint density at radius 3 is 1.06 bits per heavy atom. The number of phenolic OH excluding ortho intramolecular Hbond substituents is 1. The predicted octanol–water partition coefficient (Wildman–Crippen LogP) is 10.4. The van der Waals surface area contributed by atoms with Gasteiger partial charge in [0.25, 0.3) is 0 Å². The molecule has 32 heteroatoms. The summed E-state index contributed by atoms with van der Waals surface area (Å²) < 4.78 is 202. The number of nitrogens with zero attached hydrogens (tertiary/aromatic N) is 2. The number of para-hydroxylation sites is 1. The van der Waals surface area contributed by atoms with Crippen molar-refractivity contribution in [3.63, 3.8) is 0 Å². The van der Waals surface area contributed by atoms with E-state index in [0.717, 1.165) is 35.9 Å². The van der Waals surface area contributed by atoms with Crippen LogP contribution in [0.2, 0.25) is 0 Å². The number of hydrogen-bond acceptors (Lipinski definition) is 17. The fourth-order valence-electron chi connectivity index (χ4n) is 5.81. The molecule has 0 saturated carbocycles. The lowest BCUT2D eigenvalue weighted by atomic mass is 10.1. The topological polar surface area (TPSA) is 268 Å². The zero-order valence-corrected chi connectivity index (χ0v) is 50.7. The first-order valence-corrected chi connectivity index (χ1v) is 29.0. The number of alkyl carbamates (subject to hydrolysis) is 2. The molecule has 20 nitrogen and oxygen atoms in total. The molecule has 0 aliphatic carbocycles. The van der Waals surface area contributed by atoms with Gasteiger partial charge in [0.05, 0.1) is 5.69 Å². The van der Waals surface area contributed by atoms with Gasteiger partial charge < -0.3 is 43.8 Å². The van der Waals surface area contributed by atoms with Crippen molar-refractivity contribution in [2.75, 3.05) is 23.3 Å². The molecule has 3 N–H and O–H groups in total. The summed E-state index contributed by atoms with van der Waals surface area (Å²) in [5.74, 6) is -1.72. The van der Waals surface area contributed by atoms with Crippen molar-refractivity contribution < 1.29 is 112 Å². The number of halogens is 9. The van der Waals surface area contributed by atoms with E-state index in [9.17, 15) is 89.1 Å². The van der Waals surface area contributed by atoms with Gasteiger partial charge >= 0.3 is 70.8 Å². The van der Waals surface area contributed by atoms with E-state index in [2.05, 4.69) is 40.5 Å². The number of esters is 2. The molecule has 0 aliphatic rings. The summed E-state index contributed by atoms with van der Waals surface area (Å²) in [6.45, 7) is 30.5. The first-order valence-electron chi connectivity index (χ1n) is 24.7. The number of carbonyl (C=O) groups is 4. The highest BCUT2D eigenvalue weighted by atomic mass is 32.3. The normalized spacial score (nSPS) is 13.4. The molecule has 0 aliphatic heterocycles. The Balaban J connectivity index is 0.00000116. The van der Waals surface area contributed by atoms with E-state index < -0.39 is 120 Å². The van der Waals surface area contributed by atoms with Crippen molar-refractivity contribution >= 4 is 60.0 Å². The molecule has 0 bridgehead atoms. The Hall–Kier alpha value is -6.28. The number of benzene rings is 3. The van der Waals surface area contributed by atoms with Crippen LogP contribution in [0.5, 0.6) is 11.5 Å². The lowest BCUT2D eigenvalue weighted by Crippen LogP contribution is -2.49. The van der Waals surface area contributed by atoms with Crippen LogP contribution in [0, 0.1) is 0 Å². The van der Waals surface area contributed by atoms with Crippen molar-refractivity contribution in [2.45, 2.75) is 168 Å². The van der Waals surface area contributed by atoms with E-state index in [4.69, 9.17) is 18.9 Å². The number of carbonyl (C=O) groups excluding carboxylic acids is 4. The molecule has 0 spiro atoms. The van der Waals surface area contributed by atoms with Crippen LogP contribution in [0.3, 0.4) is 0 Å². The first kappa shape index (κ1) is 76.7. The van der Waals surface area contributed by atoms with Crippen molar-refractivity contribution in [3.05, 3.63) is 90.0 Å². The summed E-state index contributed by atoms with van der Waals surface area (Å²) in [6, 6.07) is 12.7. The summed E-state index contributed by atoms with van der Waals surface area (Å²) in [4.78, 5) is 51.4. The van der Waals surface area contributed by atoms with Gasteiger partial charge in [-0.05, 0) is 150 Å². The van der Waals surface area contributed by atoms with Crippen LogP contribution in [-0.2, 0) is 71.5 Å². The number of ether oxygens (including phenoxy) is 4. The third-order valence-electron chi connectivity index (χ3n) is 9.32. The van der Waals surface area contributed by atoms with Crippen molar-refractivity contribution in [1.82, 2.24) is 15.5 Å². The molecule has 0 fully saturated rings. The molecule has 3 aromatic rings. The van der Waals surface area contributed by atoms with Gasteiger partial charge in [0, 0.05) is 12.8 Å². The third kappa shape index (κ3) is 28.7. The zero-order chi connectivity index (χ0) is 65.2. The number of aromatic hydroxyl groups is 1. The highest BCUT2D eigenvalue weighted by molar-refractivity contribution is 8.11. The SMILES string of the molecule is CC(C)(C)OC(=O)N[C@@H](Cc1ccc(O)cc1)C(=O)OC(C)(C)C.CC(C)(C)OC(=O)N[C@@H](Cc1ccc(OS(=O)(=O)C(F)(F)F)cc1)C(=O)OC(C)(C)C.CCN(CC)CC.O=S(=O)(N(c1ccccc1)S(=O)(=O)C(F)(F)F)C(F)(F)F. The molecule has 0 saturated heterocycles. The summed E-state index contributed by atoms with van der Waals surface area (Å²) >= 11 is 0. The van der Waals surface area contributed by atoms with E-state index >= 15 is 0 Å².